The van der Waals surface area contributed by atoms with Crippen LogP contribution in [0.1, 0.15) is 11.1 Å². The van der Waals surface area contributed by atoms with E-state index in [1.807, 2.05) is 24.3 Å². The maximum atomic E-state index is 12.6. The molecule has 3 aromatic rings. The second kappa shape index (κ2) is 8.99. The van der Waals surface area contributed by atoms with Gasteiger partial charge in [0.25, 0.3) is 0 Å². The summed E-state index contributed by atoms with van der Waals surface area (Å²) >= 11 is 11.4. The van der Waals surface area contributed by atoms with Gasteiger partial charge in [-0.05, 0) is 48.5 Å². The summed E-state index contributed by atoms with van der Waals surface area (Å²) in [7, 11) is 0. The van der Waals surface area contributed by atoms with Gasteiger partial charge in [-0.2, -0.15) is 13.9 Å². The van der Waals surface area contributed by atoms with Crippen molar-refractivity contribution in [1.29, 1.82) is 0 Å². The molecule has 0 aliphatic heterocycles. The van der Waals surface area contributed by atoms with Gasteiger partial charge in [0.2, 0.25) is 0 Å². The van der Waals surface area contributed by atoms with Gasteiger partial charge in [-0.25, -0.2) is 0 Å². The van der Waals surface area contributed by atoms with Crippen LogP contribution in [-0.2, 0) is 6.54 Å². The first-order chi connectivity index (χ1) is 13.4. The Balaban J connectivity index is 1.65. The molecular weight excluding hydrogens is 406 g/mol. The number of hydrogen-bond donors (Lipinski definition) is 2. The lowest BCUT2D eigenvalue weighted by atomic mass is 10.2. The van der Waals surface area contributed by atoms with Crippen molar-refractivity contribution >= 4 is 40.4 Å². The molecule has 9 heteroatoms. The van der Waals surface area contributed by atoms with Crippen molar-refractivity contribution in [2.45, 2.75) is 20.1 Å². The maximum absolute atomic E-state index is 12.6. The van der Waals surface area contributed by atoms with Gasteiger partial charge >= 0.3 is 6.61 Å². The van der Waals surface area contributed by atoms with Crippen LogP contribution >= 0.6 is 23.8 Å². The van der Waals surface area contributed by atoms with Crippen molar-refractivity contribution < 1.29 is 13.5 Å². The van der Waals surface area contributed by atoms with Crippen LogP contribution in [0.25, 0.3) is 0 Å². The number of ether oxygens (including phenoxy) is 1. The lowest BCUT2D eigenvalue weighted by Crippen LogP contribution is -2.20. The van der Waals surface area contributed by atoms with E-state index in [2.05, 4.69) is 20.5 Å². The van der Waals surface area contributed by atoms with Crippen LogP contribution in [0.5, 0.6) is 5.75 Å². The number of hydrogen-bond acceptors (Lipinski definition) is 3. The third-order valence-corrected chi connectivity index (χ3v) is 4.35. The van der Waals surface area contributed by atoms with Crippen molar-refractivity contribution in [3.05, 3.63) is 70.9 Å². The summed E-state index contributed by atoms with van der Waals surface area (Å²) in [4.78, 5) is 0. The number of halogens is 3. The Hall–Kier alpha value is -2.71. The number of nitrogens with one attached hydrogen (secondary N) is 2. The molecule has 28 heavy (non-hydrogen) atoms. The highest BCUT2D eigenvalue weighted by Crippen LogP contribution is 2.27. The van der Waals surface area contributed by atoms with Gasteiger partial charge in [0.05, 0.1) is 12.2 Å². The highest BCUT2D eigenvalue weighted by molar-refractivity contribution is 7.80. The molecular formula is C19H17ClF2N4OS. The molecule has 0 saturated heterocycles. The van der Waals surface area contributed by atoms with Gasteiger partial charge in [-0.1, -0.05) is 35.9 Å². The Kier molecular flexibility index (Phi) is 6.43. The summed E-state index contributed by atoms with van der Waals surface area (Å²) in [6.45, 7) is -0.639. The number of aryl methyl sites for hydroxylation is 1. The lowest BCUT2D eigenvalue weighted by Gasteiger charge is -2.14. The topological polar surface area (TPSA) is 51.1 Å². The Morgan fingerprint density at radius 2 is 2.00 bits per heavy atom. The number of aromatic nitrogens is 2. The zero-order valence-electron chi connectivity index (χ0n) is 14.8. The summed E-state index contributed by atoms with van der Waals surface area (Å²) in [5, 5.41) is 11.0. The van der Waals surface area contributed by atoms with Gasteiger partial charge in [0.1, 0.15) is 5.75 Å². The number of benzene rings is 2. The molecule has 5 nitrogen and oxygen atoms in total. The summed E-state index contributed by atoms with van der Waals surface area (Å²) in [5.74, 6) is 0.524. The molecule has 0 spiro atoms. The fourth-order valence-electron chi connectivity index (χ4n) is 2.51. The molecule has 3 rings (SSSR count). The third-order valence-electron chi connectivity index (χ3n) is 3.77. The molecule has 1 heterocycles. The van der Waals surface area contributed by atoms with E-state index in [4.69, 9.17) is 23.8 Å². The fourth-order valence-corrected chi connectivity index (χ4v) is 2.92. The Bertz CT molecular complexity index is 980. The fraction of sp³-hybridized carbons (Fsp3) is 0.158. The molecule has 0 atom stereocenters. The van der Waals surface area contributed by atoms with Gasteiger partial charge in [-0.15, -0.1) is 0 Å². The monoisotopic (exact) mass is 422 g/mol. The summed E-state index contributed by atoms with van der Waals surface area (Å²) in [5.41, 5.74) is 2.06. The van der Waals surface area contributed by atoms with Crippen LogP contribution in [0.3, 0.4) is 0 Å². The Morgan fingerprint density at radius 1 is 1.21 bits per heavy atom. The maximum Gasteiger partial charge on any atom is 0.387 e. The van der Waals surface area contributed by atoms with E-state index in [1.165, 1.54) is 6.07 Å². The Morgan fingerprint density at radius 3 is 2.75 bits per heavy atom. The van der Waals surface area contributed by atoms with E-state index in [9.17, 15) is 8.78 Å². The van der Waals surface area contributed by atoms with E-state index in [1.54, 1.807) is 36.0 Å². The van der Waals surface area contributed by atoms with E-state index < -0.39 is 6.61 Å². The van der Waals surface area contributed by atoms with Crippen molar-refractivity contribution in [3.63, 3.8) is 0 Å². The summed E-state index contributed by atoms with van der Waals surface area (Å²) in [6, 6.07) is 14.2. The van der Waals surface area contributed by atoms with Gasteiger partial charge < -0.3 is 15.4 Å². The van der Waals surface area contributed by atoms with Crippen LogP contribution in [0, 0.1) is 6.92 Å². The van der Waals surface area contributed by atoms with Crippen LogP contribution in [0.4, 0.5) is 20.3 Å². The summed E-state index contributed by atoms with van der Waals surface area (Å²) in [6.07, 6.45) is 1.78. The smallest absolute Gasteiger partial charge is 0.387 e. The first-order valence-electron chi connectivity index (χ1n) is 8.31. The summed E-state index contributed by atoms with van der Waals surface area (Å²) < 4.78 is 31.5. The van der Waals surface area contributed by atoms with Crippen LogP contribution in [0.2, 0.25) is 5.02 Å². The molecule has 2 aromatic carbocycles. The van der Waals surface area contributed by atoms with Crippen molar-refractivity contribution in [3.8, 4) is 5.75 Å². The van der Waals surface area contributed by atoms with E-state index in [0.717, 1.165) is 11.1 Å². The van der Waals surface area contributed by atoms with Crippen LogP contribution in [-0.4, -0.2) is 21.5 Å². The van der Waals surface area contributed by atoms with Gasteiger partial charge in [0, 0.05) is 17.3 Å². The molecule has 0 aliphatic rings. The van der Waals surface area contributed by atoms with Gasteiger partial charge in [-0.3, -0.25) is 4.68 Å². The average Bonchev–Trinajstić information content (AvgIpc) is 3.06. The minimum absolute atomic E-state index is 0.0170. The zero-order chi connectivity index (χ0) is 20.1. The second-order valence-corrected chi connectivity index (χ2v) is 6.76. The molecule has 1 aromatic heterocycles. The largest absolute Gasteiger partial charge is 0.433 e. The van der Waals surface area contributed by atoms with E-state index in [0.29, 0.717) is 23.1 Å². The molecule has 0 aliphatic carbocycles. The molecule has 0 amide bonds. The lowest BCUT2D eigenvalue weighted by molar-refractivity contribution is -0.0493. The molecule has 0 saturated carbocycles. The minimum atomic E-state index is -2.93. The zero-order valence-corrected chi connectivity index (χ0v) is 16.4. The number of anilines is 2. The molecule has 2 N–H and O–H groups in total. The average molecular weight is 423 g/mol. The first kappa shape index (κ1) is 20.0. The van der Waals surface area contributed by atoms with Crippen LogP contribution < -0.4 is 15.4 Å². The third kappa shape index (κ3) is 5.40. The minimum Gasteiger partial charge on any atom is -0.433 e. The quantitative estimate of drug-likeness (QED) is 0.528. The SMILES string of the molecule is Cc1ccc(NC(=S)Nc2ccn(Cc3ccccc3Cl)n2)c(OC(F)F)c1. The van der Waals surface area contributed by atoms with E-state index >= 15 is 0 Å². The van der Waals surface area contributed by atoms with Crippen molar-refractivity contribution in [1.82, 2.24) is 9.78 Å². The number of nitrogens with zero attached hydrogens (tertiary/aromatic N) is 2. The normalized spacial score (nSPS) is 10.8. The predicted octanol–water partition coefficient (Wildman–Crippen LogP) is 5.30. The molecule has 0 unspecified atom stereocenters. The molecule has 146 valence electrons. The molecule has 0 bridgehead atoms. The van der Waals surface area contributed by atoms with E-state index in [-0.39, 0.29) is 10.9 Å². The van der Waals surface area contributed by atoms with Crippen molar-refractivity contribution in [2.24, 2.45) is 0 Å². The predicted molar refractivity (Wildman–Crippen MR) is 110 cm³/mol. The highest BCUT2D eigenvalue weighted by Gasteiger charge is 2.12. The molecule has 0 radical (unpaired) electrons. The van der Waals surface area contributed by atoms with Crippen molar-refractivity contribution in [2.75, 3.05) is 10.6 Å². The van der Waals surface area contributed by atoms with Crippen LogP contribution in [0.15, 0.2) is 54.7 Å². The second-order valence-electron chi connectivity index (χ2n) is 5.95. The Labute approximate surface area is 171 Å². The highest BCUT2D eigenvalue weighted by atomic mass is 35.5. The first-order valence-corrected chi connectivity index (χ1v) is 9.09. The molecule has 0 fully saturated rings. The number of thiocarbonyl (C=S) groups is 1. The number of alkyl halides is 2. The standard InChI is InChI=1S/C19H17ClF2N4OS/c1-12-6-7-15(16(10-12)27-18(21)22)23-19(28)24-17-8-9-26(25-17)11-13-4-2-3-5-14(13)20/h2-10,18H,11H2,1H3,(H2,23,24,25,28). The van der Waals surface area contributed by atoms with Gasteiger partial charge in [0.15, 0.2) is 10.9 Å². The number of rotatable bonds is 6.